The smallest absolute Gasteiger partial charge is 0.337 e. The van der Waals surface area contributed by atoms with Crippen molar-refractivity contribution in [3.8, 4) is 11.8 Å². The first-order chi connectivity index (χ1) is 10.7. The standard InChI is InChI=1S/C20H18O2/c1-3-16-8-10-17(11-9-16)6-4-5-7-18-12-14-19(15-13-18)20(21)22-2/h5,7-15H,3H2,1-2H3/b7-5+. The molecular formula is C20H18O2. The number of benzene rings is 2. The first-order valence-electron chi connectivity index (χ1n) is 7.18. The maximum atomic E-state index is 11.3. The quantitative estimate of drug-likeness (QED) is 0.628. The van der Waals surface area contributed by atoms with Gasteiger partial charge in [-0.3, -0.25) is 0 Å². The zero-order chi connectivity index (χ0) is 15.8. The van der Waals surface area contributed by atoms with Crippen LogP contribution in [0.2, 0.25) is 0 Å². The highest BCUT2D eigenvalue weighted by Crippen LogP contribution is 2.07. The molecule has 22 heavy (non-hydrogen) atoms. The molecule has 0 N–H and O–H groups in total. The second kappa shape index (κ2) is 7.85. The van der Waals surface area contributed by atoms with E-state index in [1.54, 1.807) is 18.2 Å². The topological polar surface area (TPSA) is 26.3 Å². The molecule has 0 unspecified atom stereocenters. The summed E-state index contributed by atoms with van der Waals surface area (Å²) in [6.07, 6.45) is 4.75. The van der Waals surface area contributed by atoms with Crippen LogP contribution in [0, 0.1) is 11.8 Å². The molecule has 0 aliphatic heterocycles. The second-order valence-corrected chi connectivity index (χ2v) is 4.77. The number of hydrogen-bond donors (Lipinski definition) is 0. The third-order valence-electron chi connectivity index (χ3n) is 3.27. The van der Waals surface area contributed by atoms with Gasteiger partial charge in [-0.1, -0.05) is 43.0 Å². The summed E-state index contributed by atoms with van der Waals surface area (Å²) in [5.41, 5.74) is 3.85. The van der Waals surface area contributed by atoms with Crippen LogP contribution in [0.5, 0.6) is 0 Å². The van der Waals surface area contributed by atoms with E-state index < -0.39 is 0 Å². The van der Waals surface area contributed by atoms with Crippen LogP contribution in [-0.2, 0) is 11.2 Å². The molecule has 0 spiro atoms. The molecule has 2 aromatic rings. The highest BCUT2D eigenvalue weighted by Gasteiger charge is 2.02. The number of ether oxygens (including phenoxy) is 1. The van der Waals surface area contributed by atoms with Gasteiger partial charge in [0.05, 0.1) is 12.7 Å². The Labute approximate surface area is 131 Å². The van der Waals surface area contributed by atoms with Gasteiger partial charge in [0, 0.05) is 5.56 Å². The number of hydrogen-bond acceptors (Lipinski definition) is 2. The van der Waals surface area contributed by atoms with Crippen LogP contribution in [0.25, 0.3) is 6.08 Å². The number of allylic oxidation sites excluding steroid dienone is 1. The summed E-state index contributed by atoms with van der Waals surface area (Å²) >= 11 is 0. The summed E-state index contributed by atoms with van der Waals surface area (Å²) in [6.45, 7) is 2.13. The SMILES string of the molecule is CCc1ccc(C#C/C=C/c2ccc(C(=O)OC)cc2)cc1. The van der Waals surface area contributed by atoms with Gasteiger partial charge in [-0.05, 0) is 54.0 Å². The molecule has 0 bridgehead atoms. The Morgan fingerprint density at radius 3 is 2.36 bits per heavy atom. The molecule has 0 atom stereocenters. The van der Waals surface area contributed by atoms with Crippen molar-refractivity contribution >= 4 is 12.0 Å². The normalized spacial score (nSPS) is 10.1. The van der Waals surface area contributed by atoms with Crippen LogP contribution < -0.4 is 0 Å². The van der Waals surface area contributed by atoms with Crippen molar-refractivity contribution in [2.24, 2.45) is 0 Å². The van der Waals surface area contributed by atoms with E-state index in [2.05, 4.69) is 35.6 Å². The van der Waals surface area contributed by atoms with Crippen molar-refractivity contribution < 1.29 is 9.53 Å². The Morgan fingerprint density at radius 2 is 1.77 bits per heavy atom. The molecular weight excluding hydrogens is 272 g/mol. The first kappa shape index (κ1) is 15.6. The van der Waals surface area contributed by atoms with E-state index in [0.717, 1.165) is 17.5 Å². The monoisotopic (exact) mass is 290 g/mol. The predicted octanol–water partition coefficient (Wildman–Crippen LogP) is 4.10. The van der Waals surface area contributed by atoms with Gasteiger partial charge in [0.2, 0.25) is 0 Å². The Kier molecular flexibility index (Phi) is 5.57. The fraction of sp³-hybridized carbons (Fsp3) is 0.150. The average Bonchev–Trinajstić information content (AvgIpc) is 2.59. The van der Waals surface area contributed by atoms with E-state index in [1.165, 1.54) is 12.7 Å². The van der Waals surface area contributed by atoms with E-state index in [-0.39, 0.29) is 5.97 Å². The summed E-state index contributed by atoms with van der Waals surface area (Å²) in [5.74, 6) is 5.78. The first-order valence-corrected chi connectivity index (χ1v) is 7.18. The number of aryl methyl sites for hydroxylation is 1. The molecule has 2 nitrogen and oxygen atoms in total. The second-order valence-electron chi connectivity index (χ2n) is 4.77. The molecule has 0 aromatic heterocycles. The highest BCUT2D eigenvalue weighted by atomic mass is 16.5. The molecule has 0 saturated carbocycles. The Morgan fingerprint density at radius 1 is 1.09 bits per heavy atom. The van der Waals surface area contributed by atoms with Crippen LogP contribution in [0.15, 0.2) is 54.6 Å². The van der Waals surface area contributed by atoms with Crippen LogP contribution in [0.4, 0.5) is 0 Å². The van der Waals surface area contributed by atoms with Crippen LogP contribution in [0.3, 0.4) is 0 Å². The molecule has 0 aliphatic rings. The van der Waals surface area contributed by atoms with Gasteiger partial charge in [0.1, 0.15) is 0 Å². The van der Waals surface area contributed by atoms with Gasteiger partial charge in [-0.25, -0.2) is 4.79 Å². The van der Waals surface area contributed by atoms with Gasteiger partial charge in [-0.15, -0.1) is 0 Å². The molecule has 110 valence electrons. The van der Waals surface area contributed by atoms with Crippen molar-refractivity contribution in [3.05, 3.63) is 76.9 Å². The molecule has 0 fully saturated rings. The maximum absolute atomic E-state index is 11.3. The zero-order valence-corrected chi connectivity index (χ0v) is 12.8. The minimum atomic E-state index is -0.328. The van der Waals surface area contributed by atoms with E-state index in [0.29, 0.717) is 5.56 Å². The lowest BCUT2D eigenvalue weighted by atomic mass is 10.1. The van der Waals surface area contributed by atoms with Crippen molar-refractivity contribution in [2.45, 2.75) is 13.3 Å². The molecule has 0 aliphatic carbocycles. The van der Waals surface area contributed by atoms with E-state index >= 15 is 0 Å². The van der Waals surface area contributed by atoms with E-state index in [9.17, 15) is 4.79 Å². The average molecular weight is 290 g/mol. The molecule has 2 aromatic carbocycles. The maximum Gasteiger partial charge on any atom is 0.337 e. The van der Waals surface area contributed by atoms with Gasteiger partial charge in [-0.2, -0.15) is 0 Å². The van der Waals surface area contributed by atoms with Crippen LogP contribution in [-0.4, -0.2) is 13.1 Å². The lowest BCUT2D eigenvalue weighted by molar-refractivity contribution is 0.0601. The summed E-state index contributed by atoms with van der Waals surface area (Å²) in [5, 5.41) is 0. The molecule has 0 amide bonds. The molecule has 2 rings (SSSR count). The Balaban J connectivity index is 2.00. The number of carbonyl (C=O) groups is 1. The van der Waals surface area contributed by atoms with Gasteiger partial charge < -0.3 is 4.74 Å². The lowest BCUT2D eigenvalue weighted by Gasteiger charge is -1.98. The zero-order valence-electron chi connectivity index (χ0n) is 12.8. The number of carbonyl (C=O) groups excluding carboxylic acids is 1. The van der Waals surface area contributed by atoms with Gasteiger partial charge in [0.15, 0.2) is 0 Å². The summed E-state index contributed by atoms with van der Waals surface area (Å²) in [4.78, 5) is 11.3. The number of methoxy groups -OCH3 is 1. The van der Waals surface area contributed by atoms with E-state index in [1.807, 2.05) is 30.3 Å². The van der Waals surface area contributed by atoms with Crippen LogP contribution >= 0.6 is 0 Å². The molecule has 0 heterocycles. The molecule has 0 radical (unpaired) electrons. The third-order valence-corrected chi connectivity index (χ3v) is 3.27. The number of rotatable bonds is 3. The fourth-order valence-electron chi connectivity index (χ4n) is 1.93. The Hall–Kier alpha value is -2.79. The van der Waals surface area contributed by atoms with Crippen molar-refractivity contribution in [1.82, 2.24) is 0 Å². The summed E-state index contributed by atoms with van der Waals surface area (Å²) in [7, 11) is 1.37. The molecule has 2 heteroatoms. The fourth-order valence-corrected chi connectivity index (χ4v) is 1.93. The summed E-state index contributed by atoms with van der Waals surface area (Å²) in [6, 6.07) is 15.5. The predicted molar refractivity (Wildman–Crippen MR) is 89.5 cm³/mol. The van der Waals surface area contributed by atoms with Gasteiger partial charge >= 0.3 is 5.97 Å². The minimum absolute atomic E-state index is 0.328. The van der Waals surface area contributed by atoms with Crippen molar-refractivity contribution in [3.63, 3.8) is 0 Å². The molecule has 0 saturated heterocycles. The minimum Gasteiger partial charge on any atom is -0.465 e. The third kappa shape index (κ3) is 4.36. The highest BCUT2D eigenvalue weighted by molar-refractivity contribution is 5.89. The Bertz CT molecular complexity index is 711. The van der Waals surface area contributed by atoms with Gasteiger partial charge in [0.25, 0.3) is 0 Å². The van der Waals surface area contributed by atoms with Crippen LogP contribution in [0.1, 0.15) is 34.0 Å². The summed E-state index contributed by atoms with van der Waals surface area (Å²) < 4.78 is 4.66. The number of esters is 1. The van der Waals surface area contributed by atoms with E-state index in [4.69, 9.17) is 0 Å². The largest absolute Gasteiger partial charge is 0.465 e. The van der Waals surface area contributed by atoms with Crippen molar-refractivity contribution in [2.75, 3.05) is 7.11 Å². The van der Waals surface area contributed by atoms with Crippen molar-refractivity contribution in [1.29, 1.82) is 0 Å². The lowest BCUT2D eigenvalue weighted by Crippen LogP contribution is -2.00.